The standard InChI is InChI=1S/C11H12F2N2O3/c1-6(16)15-10(11(17)18)5-14-9-4-7(12)2-3-8(9)13/h2-4,10,14H,5H2,1H3,(H,15,16)(H,17,18). The van der Waals surface area contributed by atoms with E-state index in [-0.39, 0.29) is 12.2 Å². The predicted octanol–water partition coefficient (Wildman–Crippen LogP) is 0.966. The van der Waals surface area contributed by atoms with Crippen molar-refractivity contribution in [1.29, 1.82) is 0 Å². The van der Waals surface area contributed by atoms with Crippen molar-refractivity contribution in [2.75, 3.05) is 11.9 Å². The van der Waals surface area contributed by atoms with Gasteiger partial charge in [0.25, 0.3) is 0 Å². The summed E-state index contributed by atoms with van der Waals surface area (Å²) < 4.78 is 26.1. The average molecular weight is 258 g/mol. The molecule has 0 aliphatic heterocycles. The molecule has 0 saturated carbocycles. The minimum atomic E-state index is -1.27. The molecular weight excluding hydrogens is 246 g/mol. The summed E-state index contributed by atoms with van der Waals surface area (Å²) in [5, 5.41) is 13.4. The molecule has 1 aromatic rings. The lowest BCUT2D eigenvalue weighted by Gasteiger charge is -2.15. The van der Waals surface area contributed by atoms with Crippen LogP contribution in [0.4, 0.5) is 14.5 Å². The predicted molar refractivity (Wildman–Crippen MR) is 60.1 cm³/mol. The van der Waals surface area contributed by atoms with E-state index in [9.17, 15) is 18.4 Å². The zero-order chi connectivity index (χ0) is 13.7. The number of carboxylic acids is 1. The molecule has 0 saturated heterocycles. The number of benzene rings is 1. The smallest absolute Gasteiger partial charge is 0.328 e. The number of hydrogen-bond donors (Lipinski definition) is 3. The van der Waals surface area contributed by atoms with Crippen LogP contribution in [0.25, 0.3) is 0 Å². The van der Waals surface area contributed by atoms with Crippen LogP contribution in [0.5, 0.6) is 0 Å². The Hall–Kier alpha value is -2.18. The lowest BCUT2D eigenvalue weighted by molar-refractivity contribution is -0.141. The van der Waals surface area contributed by atoms with Gasteiger partial charge in [0.1, 0.15) is 17.7 Å². The van der Waals surface area contributed by atoms with Crippen molar-refractivity contribution in [2.24, 2.45) is 0 Å². The van der Waals surface area contributed by atoms with Gasteiger partial charge in [-0.25, -0.2) is 13.6 Å². The molecule has 0 radical (unpaired) electrons. The molecule has 1 aromatic carbocycles. The number of amides is 1. The number of carboxylic acid groups (broad SMARTS) is 1. The fraction of sp³-hybridized carbons (Fsp3) is 0.273. The van der Waals surface area contributed by atoms with Gasteiger partial charge in [0.2, 0.25) is 5.91 Å². The molecule has 0 bridgehead atoms. The molecule has 0 aliphatic carbocycles. The van der Waals surface area contributed by atoms with Gasteiger partial charge in [-0.2, -0.15) is 0 Å². The first kappa shape index (κ1) is 13.9. The van der Waals surface area contributed by atoms with Crippen molar-refractivity contribution in [3.05, 3.63) is 29.8 Å². The minimum Gasteiger partial charge on any atom is -0.480 e. The van der Waals surface area contributed by atoms with Crippen LogP contribution < -0.4 is 10.6 Å². The van der Waals surface area contributed by atoms with Crippen LogP contribution in [-0.2, 0) is 9.59 Å². The van der Waals surface area contributed by atoms with E-state index in [1.807, 2.05) is 0 Å². The maximum Gasteiger partial charge on any atom is 0.328 e. The van der Waals surface area contributed by atoms with Crippen molar-refractivity contribution >= 4 is 17.6 Å². The first-order valence-electron chi connectivity index (χ1n) is 5.09. The molecule has 1 rings (SSSR count). The highest BCUT2D eigenvalue weighted by Crippen LogP contribution is 2.14. The molecule has 3 N–H and O–H groups in total. The molecule has 98 valence electrons. The number of carbonyl (C=O) groups is 2. The highest BCUT2D eigenvalue weighted by Gasteiger charge is 2.18. The summed E-state index contributed by atoms with van der Waals surface area (Å²) in [5.41, 5.74) is -0.161. The van der Waals surface area contributed by atoms with Crippen molar-refractivity contribution < 1.29 is 23.5 Å². The summed E-state index contributed by atoms with van der Waals surface area (Å²) in [4.78, 5) is 21.5. The number of aliphatic carboxylic acids is 1. The number of hydrogen-bond acceptors (Lipinski definition) is 3. The first-order chi connectivity index (χ1) is 8.40. The van der Waals surface area contributed by atoms with E-state index in [0.29, 0.717) is 0 Å². The maximum absolute atomic E-state index is 13.2. The minimum absolute atomic E-state index is 0.161. The van der Waals surface area contributed by atoms with E-state index in [2.05, 4.69) is 10.6 Å². The molecule has 18 heavy (non-hydrogen) atoms. The average Bonchev–Trinajstić information content (AvgIpc) is 2.27. The summed E-state index contributed by atoms with van der Waals surface area (Å²) in [6.45, 7) is 0.911. The Morgan fingerprint density at radius 1 is 1.39 bits per heavy atom. The second kappa shape index (κ2) is 5.95. The van der Waals surface area contributed by atoms with Crippen LogP contribution in [0.2, 0.25) is 0 Å². The maximum atomic E-state index is 13.2. The SMILES string of the molecule is CC(=O)NC(CNc1cc(F)ccc1F)C(=O)O. The largest absolute Gasteiger partial charge is 0.480 e. The third-order valence-corrected chi connectivity index (χ3v) is 2.10. The summed E-state index contributed by atoms with van der Waals surface area (Å²) in [6, 6.07) is 1.56. The van der Waals surface area contributed by atoms with Gasteiger partial charge in [-0.1, -0.05) is 0 Å². The van der Waals surface area contributed by atoms with Gasteiger partial charge in [-0.15, -0.1) is 0 Å². The van der Waals surface area contributed by atoms with Gasteiger partial charge >= 0.3 is 5.97 Å². The normalized spacial score (nSPS) is 11.7. The third kappa shape index (κ3) is 4.00. The molecule has 0 aromatic heterocycles. The van der Waals surface area contributed by atoms with Crippen LogP contribution in [0.15, 0.2) is 18.2 Å². The third-order valence-electron chi connectivity index (χ3n) is 2.10. The number of anilines is 1. The van der Waals surface area contributed by atoms with Crippen molar-refractivity contribution in [2.45, 2.75) is 13.0 Å². The summed E-state index contributed by atoms with van der Waals surface area (Å²) in [5.74, 6) is -3.15. The molecule has 7 heteroatoms. The molecule has 0 aliphatic rings. The fourth-order valence-electron chi connectivity index (χ4n) is 1.29. The molecule has 0 heterocycles. The summed E-state index contributed by atoms with van der Waals surface area (Å²) >= 11 is 0. The first-order valence-corrected chi connectivity index (χ1v) is 5.09. The number of rotatable bonds is 5. The Morgan fingerprint density at radius 2 is 2.06 bits per heavy atom. The van der Waals surface area contributed by atoms with Crippen molar-refractivity contribution in [3.63, 3.8) is 0 Å². The van der Waals surface area contributed by atoms with Crippen LogP contribution >= 0.6 is 0 Å². The van der Waals surface area contributed by atoms with E-state index in [0.717, 1.165) is 18.2 Å². The van der Waals surface area contributed by atoms with Crippen LogP contribution in [-0.4, -0.2) is 29.6 Å². The van der Waals surface area contributed by atoms with Gasteiger partial charge in [-0.05, 0) is 18.2 Å². The van der Waals surface area contributed by atoms with E-state index >= 15 is 0 Å². The molecule has 1 amide bonds. The van der Waals surface area contributed by atoms with Crippen molar-refractivity contribution in [1.82, 2.24) is 5.32 Å². The highest BCUT2D eigenvalue weighted by atomic mass is 19.1. The van der Waals surface area contributed by atoms with E-state index < -0.39 is 29.6 Å². The summed E-state index contributed by atoms with van der Waals surface area (Å²) in [7, 11) is 0. The molecule has 0 spiro atoms. The molecule has 1 atom stereocenters. The van der Waals surface area contributed by atoms with Gasteiger partial charge in [0, 0.05) is 13.5 Å². The molecular formula is C11H12F2N2O3. The topological polar surface area (TPSA) is 78.4 Å². The van der Waals surface area contributed by atoms with Crippen LogP contribution in [0.1, 0.15) is 6.92 Å². The second-order valence-electron chi connectivity index (χ2n) is 3.60. The fourth-order valence-corrected chi connectivity index (χ4v) is 1.29. The van der Waals surface area contributed by atoms with Gasteiger partial charge < -0.3 is 15.7 Å². The van der Waals surface area contributed by atoms with Gasteiger partial charge in [0.05, 0.1) is 5.69 Å². The number of halogens is 2. The number of nitrogens with one attached hydrogen (secondary N) is 2. The Kier molecular flexibility index (Phi) is 4.59. The van der Waals surface area contributed by atoms with Crippen molar-refractivity contribution in [3.8, 4) is 0 Å². The lowest BCUT2D eigenvalue weighted by atomic mass is 10.2. The van der Waals surface area contributed by atoms with Crippen LogP contribution in [0, 0.1) is 11.6 Å². The molecule has 1 unspecified atom stereocenters. The lowest BCUT2D eigenvalue weighted by Crippen LogP contribution is -2.44. The summed E-state index contributed by atoms with van der Waals surface area (Å²) in [6.07, 6.45) is 0. The number of carbonyl (C=O) groups excluding carboxylic acids is 1. The Bertz CT molecular complexity index is 466. The zero-order valence-electron chi connectivity index (χ0n) is 9.54. The Balaban J connectivity index is 2.69. The van der Waals surface area contributed by atoms with E-state index in [1.165, 1.54) is 6.92 Å². The van der Waals surface area contributed by atoms with E-state index in [4.69, 9.17) is 5.11 Å². The van der Waals surface area contributed by atoms with Gasteiger partial charge in [0.15, 0.2) is 0 Å². The van der Waals surface area contributed by atoms with Gasteiger partial charge in [-0.3, -0.25) is 4.79 Å². The zero-order valence-corrected chi connectivity index (χ0v) is 9.54. The highest BCUT2D eigenvalue weighted by molar-refractivity contribution is 5.82. The molecule has 5 nitrogen and oxygen atoms in total. The Labute approximate surface area is 102 Å². The second-order valence-corrected chi connectivity index (χ2v) is 3.60. The monoisotopic (exact) mass is 258 g/mol. The Morgan fingerprint density at radius 3 is 2.61 bits per heavy atom. The molecule has 0 fully saturated rings. The quantitative estimate of drug-likeness (QED) is 0.735. The van der Waals surface area contributed by atoms with E-state index in [1.54, 1.807) is 0 Å². The van der Waals surface area contributed by atoms with Crippen LogP contribution in [0.3, 0.4) is 0 Å².